The molecular weight excluding hydrogens is 284 g/mol. The normalized spacial score (nSPS) is 10.5. The van der Waals surface area contributed by atoms with Crippen LogP contribution in [0.25, 0.3) is 10.8 Å². The molecule has 21 heavy (non-hydrogen) atoms. The molecule has 4 nitrogen and oxygen atoms in total. The molecule has 0 fully saturated rings. The Morgan fingerprint density at radius 1 is 1.24 bits per heavy atom. The maximum atomic E-state index is 11.6. The van der Waals surface area contributed by atoms with Crippen LogP contribution in [0.3, 0.4) is 0 Å². The van der Waals surface area contributed by atoms with Crippen molar-refractivity contribution in [2.45, 2.75) is 6.92 Å². The van der Waals surface area contributed by atoms with Crippen molar-refractivity contribution in [3.8, 4) is 0 Å². The Bertz CT molecular complexity index is 783. The second-order valence-electron chi connectivity index (χ2n) is 4.45. The summed E-state index contributed by atoms with van der Waals surface area (Å²) >= 11 is 1.38. The molecule has 0 radical (unpaired) electrons. The summed E-state index contributed by atoms with van der Waals surface area (Å²) in [6.45, 7) is 2.13. The maximum absolute atomic E-state index is 11.6. The number of hydrogen-bond donors (Lipinski definition) is 1. The first-order valence-electron chi connectivity index (χ1n) is 6.65. The Morgan fingerprint density at radius 3 is 2.86 bits per heavy atom. The number of nitrogens with zero attached hydrogens (tertiary/aromatic N) is 1. The molecule has 1 aromatic heterocycles. The van der Waals surface area contributed by atoms with Crippen molar-refractivity contribution >= 4 is 38.9 Å². The monoisotopic (exact) mass is 298 g/mol. The lowest BCUT2D eigenvalue weighted by molar-refractivity contribution is 0.0520. The van der Waals surface area contributed by atoms with E-state index in [-0.39, 0.29) is 5.97 Å². The summed E-state index contributed by atoms with van der Waals surface area (Å²) in [5, 5.41) is 7.93. The van der Waals surface area contributed by atoms with Crippen LogP contribution in [0.15, 0.2) is 47.8 Å². The third kappa shape index (κ3) is 3.03. The third-order valence-corrected chi connectivity index (χ3v) is 3.75. The molecule has 3 aromatic rings. The minimum atomic E-state index is -0.389. The number of nitrogens with one attached hydrogen (secondary N) is 1. The number of carbonyl (C=O) groups is 1. The molecule has 0 aliphatic carbocycles. The molecule has 1 N–H and O–H groups in total. The van der Waals surface area contributed by atoms with Gasteiger partial charge in [-0.2, -0.15) is 0 Å². The van der Waals surface area contributed by atoms with E-state index in [1.165, 1.54) is 16.7 Å². The zero-order valence-corrected chi connectivity index (χ0v) is 12.3. The van der Waals surface area contributed by atoms with Gasteiger partial charge in [-0.1, -0.05) is 30.3 Å². The number of anilines is 2. The standard InChI is InChI=1S/C16H14N2O2S/c1-2-20-15(19)14-10-21-16(18-14)17-13-8-7-11-5-3-4-6-12(11)9-13/h3-10H,2H2,1H3,(H,17,18). The molecule has 0 aliphatic rings. The number of thiazole rings is 1. The summed E-state index contributed by atoms with van der Waals surface area (Å²) < 4.78 is 4.93. The molecule has 0 unspecified atom stereocenters. The van der Waals surface area contributed by atoms with Crippen molar-refractivity contribution < 1.29 is 9.53 Å². The first kappa shape index (κ1) is 13.6. The van der Waals surface area contributed by atoms with Crippen molar-refractivity contribution in [2.75, 3.05) is 11.9 Å². The van der Waals surface area contributed by atoms with Gasteiger partial charge in [-0.15, -0.1) is 11.3 Å². The van der Waals surface area contributed by atoms with Gasteiger partial charge in [0.15, 0.2) is 10.8 Å². The fourth-order valence-corrected chi connectivity index (χ4v) is 2.72. The molecule has 0 bridgehead atoms. The second kappa shape index (κ2) is 5.93. The van der Waals surface area contributed by atoms with Crippen molar-refractivity contribution in [2.24, 2.45) is 0 Å². The van der Waals surface area contributed by atoms with Gasteiger partial charge in [0.05, 0.1) is 6.61 Å². The van der Waals surface area contributed by atoms with Gasteiger partial charge >= 0.3 is 5.97 Å². The highest BCUT2D eigenvalue weighted by Crippen LogP contribution is 2.24. The average Bonchev–Trinajstić information content (AvgIpc) is 2.96. The highest BCUT2D eigenvalue weighted by molar-refractivity contribution is 7.14. The molecule has 0 spiro atoms. The smallest absolute Gasteiger partial charge is 0.357 e. The predicted molar refractivity (Wildman–Crippen MR) is 85.3 cm³/mol. The Morgan fingerprint density at radius 2 is 2.05 bits per heavy atom. The van der Waals surface area contributed by atoms with Gasteiger partial charge in [0.25, 0.3) is 0 Å². The van der Waals surface area contributed by atoms with E-state index in [1.54, 1.807) is 12.3 Å². The first-order chi connectivity index (χ1) is 10.3. The third-order valence-electron chi connectivity index (χ3n) is 2.99. The molecule has 0 saturated carbocycles. The number of benzene rings is 2. The predicted octanol–water partition coefficient (Wildman–Crippen LogP) is 4.22. The first-order valence-corrected chi connectivity index (χ1v) is 7.52. The minimum absolute atomic E-state index is 0.338. The van der Waals surface area contributed by atoms with Crippen molar-refractivity contribution in [3.63, 3.8) is 0 Å². The Balaban J connectivity index is 1.80. The van der Waals surface area contributed by atoms with Gasteiger partial charge in [-0.25, -0.2) is 9.78 Å². The maximum Gasteiger partial charge on any atom is 0.357 e. The topological polar surface area (TPSA) is 51.2 Å². The molecule has 5 heteroatoms. The molecule has 1 heterocycles. The fourth-order valence-electron chi connectivity index (χ4n) is 2.02. The van der Waals surface area contributed by atoms with Crippen LogP contribution < -0.4 is 5.32 Å². The van der Waals surface area contributed by atoms with E-state index in [4.69, 9.17) is 4.74 Å². The van der Waals surface area contributed by atoms with Crippen molar-refractivity contribution in [1.29, 1.82) is 0 Å². The molecule has 3 rings (SSSR count). The summed E-state index contributed by atoms with van der Waals surface area (Å²) in [6.07, 6.45) is 0. The van der Waals surface area contributed by atoms with Gasteiger partial charge in [0.2, 0.25) is 0 Å². The van der Waals surface area contributed by atoms with Gasteiger partial charge < -0.3 is 10.1 Å². The van der Waals surface area contributed by atoms with Crippen LogP contribution in [0.4, 0.5) is 10.8 Å². The quantitative estimate of drug-likeness (QED) is 0.733. The zero-order valence-electron chi connectivity index (χ0n) is 11.5. The molecule has 0 atom stereocenters. The molecule has 2 aromatic carbocycles. The molecule has 0 saturated heterocycles. The highest BCUT2D eigenvalue weighted by Gasteiger charge is 2.11. The summed E-state index contributed by atoms with van der Waals surface area (Å²) in [5.74, 6) is -0.389. The Kier molecular flexibility index (Phi) is 3.83. The zero-order chi connectivity index (χ0) is 14.7. The van der Waals surface area contributed by atoms with E-state index in [2.05, 4.69) is 34.6 Å². The number of rotatable bonds is 4. The van der Waals surface area contributed by atoms with E-state index in [9.17, 15) is 4.79 Å². The van der Waals surface area contributed by atoms with Crippen LogP contribution in [-0.2, 0) is 4.74 Å². The van der Waals surface area contributed by atoms with Gasteiger partial charge in [0.1, 0.15) is 0 Å². The SMILES string of the molecule is CCOC(=O)c1csc(Nc2ccc3ccccc3c2)n1. The lowest BCUT2D eigenvalue weighted by Gasteiger charge is -2.04. The molecular formula is C16H14N2O2S. The van der Waals surface area contributed by atoms with Gasteiger partial charge in [0, 0.05) is 11.1 Å². The Hall–Kier alpha value is -2.40. The van der Waals surface area contributed by atoms with Crippen LogP contribution >= 0.6 is 11.3 Å². The van der Waals surface area contributed by atoms with Crippen molar-refractivity contribution in [1.82, 2.24) is 4.98 Å². The van der Waals surface area contributed by atoms with Crippen molar-refractivity contribution in [3.05, 3.63) is 53.5 Å². The minimum Gasteiger partial charge on any atom is -0.461 e. The largest absolute Gasteiger partial charge is 0.461 e. The van der Waals surface area contributed by atoms with E-state index < -0.39 is 0 Å². The number of hydrogen-bond acceptors (Lipinski definition) is 5. The number of aromatic nitrogens is 1. The summed E-state index contributed by atoms with van der Waals surface area (Å²) in [6, 6.07) is 14.3. The highest BCUT2D eigenvalue weighted by atomic mass is 32.1. The van der Waals surface area contributed by atoms with E-state index in [0.717, 1.165) is 11.1 Å². The van der Waals surface area contributed by atoms with Crippen LogP contribution in [0.1, 0.15) is 17.4 Å². The molecule has 106 valence electrons. The van der Waals surface area contributed by atoms with Crippen LogP contribution in [0.2, 0.25) is 0 Å². The Labute approximate surface area is 126 Å². The van der Waals surface area contributed by atoms with Crippen LogP contribution in [-0.4, -0.2) is 17.6 Å². The average molecular weight is 298 g/mol. The lowest BCUT2D eigenvalue weighted by Crippen LogP contribution is -2.04. The number of esters is 1. The fraction of sp³-hybridized carbons (Fsp3) is 0.125. The summed E-state index contributed by atoms with van der Waals surface area (Å²) in [4.78, 5) is 15.8. The van der Waals surface area contributed by atoms with Gasteiger partial charge in [-0.05, 0) is 29.8 Å². The summed E-state index contributed by atoms with van der Waals surface area (Å²) in [5.41, 5.74) is 1.28. The van der Waals surface area contributed by atoms with E-state index in [1.807, 2.05) is 18.2 Å². The van der Waals surface area contributed by atoms with Crippen LogP contribution in [0, 0.1) is 0 Å². The molecule has 0 aliphatic heterocycles. The van der Waals surface area contributed by atoms with E-state index in [0.29, 0.717) is 17.4 Å². The lowest BCUT2D eigenvalue weighted by atomic mass is 10.1. The van der Waals surface area contributed by atoms with E-state index >= 15 is 0 Å². The summed E-state index contributed by atoms with van der Waals surface area (Å²) in [7, 11) is 0. The number of carbonyl (C=O) groups excluding carboxylic acids is 1. The number of ether oxygens (including phenoxy) is 1. The van der Waals surface area contributed by atoms with Crippen LogP contribution in [0.5, 0.6) is 0 Å². The second-order valence-corrected chi connectivity index (χ2v) is 5.30. The number of fused-ring (bicyclic) bond motifs is 1. The van der Waals surface area contributed by atoms with Gasteiger partial charge in [-0.3, -0.25) is 0 Å². The molecule has 0 amide bonds.